The zero-order valence-corrected chi connectivity index (χ0v) is 17.0. The molecule has 1 aliphatic heterocycles. The van der Waals surface area contributed by atoms with Gasteiger partial charge in [-0.2, -0.15) is 0 Å². The molecule has 0 radical (unpaired) electrons. The first-order valence-corrected chi connectivity index (χ1v) is 9.60. The van der Waals surface area contributed by atoms with Crippen LogP contribution in [-0.2, 0) is 4.79 Å². The molecule has 1 aromatic carbocycles. The number of carbonyl (C=O) groups excluding carboxylic acids is 2. The van der Waals surface area contributed by atoms with Crippen molar-refractivity contribution >= 4 is 23.3 Å². The van der Waals surface area contributed by atoms with Crippen molar-refractivity contribution in [2.75, 3.05) is 16.8 Å². The van der Waals surface area contributed by atoms with Gasteiger partial charge in [0.25, 0.3) is 5.91 Å². The Balaban J connectivity index is 2.07. The Morgan fingerprint density at radius 2 is 1.93 bits per heavy atom. The summed E-state index contributed by atoms with van der Waals surface area (Å²) in [6, 6.07) is 5.39. The largest absolute Gasteiger partial charge is 0.362 e. The highest BCUT2D eigenvalue weighted by molar-refractivity contribution is 5.97. The molecule has 1 aliphatic rings. The lowest BCUT2D eigenvalue weighted by Crippen LogP contribution is -2.48. The van der Waals surface area contributed by atoms with Crippen LogP contribution in [-0.4, -0.2) is 34.4 Å². The molecule has 3 rings (SSSR count). The van der Waals surface area contributed by atoms with Gasteiger partial charge in [0.1, 0.15) is 5.82 Å². The van der Waals surface area contributed by atoms with Crippen molar-refractivity contribution in [1.82, 2.24) is 15.3 Å². The third-order valence-electron chi connectivity index (χ3n) is 5.34. The Hall–Kier alpha value is -2.96. The number of anilines is 2. The Morgan fingerprint density at radius 1 is 1.18 bits per heavy atom. The first-order valence-electron chi connectivity index (χ1n) is 9.60. The minimum Gasteiger partial charge on any atom is -0.362 e. The van der Waals surface area contributed by atoms with Crippen molar-refractivity contribution in [2.45, 2.75) is 46.7 Å². The van der Waals surface area contributed by atoms with Crippen molar-refractivity contribution in [3.05, 3.63) is 47.4 Å². The van der Waals surface area contributed by atoms with Gasteiger partial charge in [-0.1, -0.05) is 6.92 Å². The van der Waals surface area contributed by atoms with E-state index in [4.69, 9.17) is 0 Å². The summed E-state index contributed by atoms with van der Waals surface area (Å²) < 4.78 is 0. The summed E-state index contributed by atoms with van der Waals surface area (Å²) in [5, 5.41) is 6.29. The van der Waals surface area contributed by atoms with Gasteiger partial charge in [0, 0.05) is 36.7 Å². The van der Waals surface area contributed by atoms with E-state index in [1.165, 1.54) is 0 Å². The van der Waals surface area contributed by atoms with Gasteiger partial charge in [-0.25, -0.2) is 4.98 Å². The third kappa shape index (κ3) is 3.69. The predicted octanol–water partition coefficient (Wildman–Crippen LogP) is 3.08. The van der Waals surface area contributed by atoms with E-state index in [9.17, 15) is 9.59 Å². The second-order valence-electron chi connectivity index (χ2n) is 7.29. The molecule has 0 aliphatic carbocycles. The van der Waals surface area contributed by atoms with Gasteiger partial charge in [0.05, 0.1) is 24.1 Å². The van der Waals surface area contributed by atoms with Gasteiger partial charge in [0.2, 0.25) is 5.91 Å². The number of carbonyl (C=O) groups is 2. The molecule has 3 atom stereocenters. The highest BCUT2D eigenvalue weighted by Gasteiger charge is 2.38. The van der Waals surface area contributed by atoms with E-state index < -0.39 is 0 Å². The van der Waals surface area contributed by atoms with Gasteiger partial charge in [-0.05, 0) is 44.5 Å². The predicted molar refractivity (Wildman–Crippen MR) is 109 cm³/mol. The molecule has 2 heterocycles. The molecule has 2 aromatic rings. The van der Waals surface area contributed by atoms with Crippen LogP contribution < -0.4 is 15.5 Å². The van der Waals surface area contributed by atoms with Crippen molar-refractivity contribution in [3.8, 4) is 0 Å². The fraction of sp³-hybridized carbons (Fsp3) is 0.429. The maximum Gasteiger partial charge on any atom is 0.251 e. The van der Waals surface area contributed by atoms with E-state index in [-0.39, 0.29) is 29.8 Å². The van der Waals surface area contributed by atoms with Gasteiger partial charge >= 0.3 is 0 Å². The summed E-state index contributed by atoms with van der Waals surface area (Å²) in [7, 11) is 0. The molecule has 2 amide bonds. The summed E-state index contributed by atoms with van der Waals surface area (Å²) in [5.41, 5.74) is 3.15. The molecule has 0 saturated heterocycles. The fourth-order valence-corrected chi connectivity index (χ4v) is 3.74. The molecular weight excluding hydrogens is 354 g/mol. The number of fused-ring (bicyclic) bond motifs is 1. The smallest absolute Gasteiger partial charge is 0.251 e. The average molecular weight is 381 g/mol. The average Bonchev–Trinajstić information content (AvgIpc) is 2.66. The topological polar surface area (TPSA) is 87.2 Å². The van der Waals surface area contributed by atoms with Gasteiger partial charge < -0.3 is 15.5 Å². The van der Waals surface area contributed by atoms with Crippen LogP contribution in [0.5, 0.6) is 0 Å². The van der Waals surface area contributed by atoms with Crippen LogP contribution in [0.1, 0.15) is 55.4 Å². The monoisotopic (exact) mass is 381 g/mol. The maximum atomic E-state index is 12.4. The van der Waals surface area contributed by atoms with Crippen molar-refractivity contribution in [1.29, 1.82) is 0 Å². The van der Waals surface area contributed by atoms with Crippen LogP contribution in [0.3, 0.4) is 0 Å². The highest BCUT2D eigenvalue weighted by Crippen LogP contribution is 2.42. The number of benzene rings is 1. The highest BCUT2D eigenvalue weighted by atomic mass is 16.2. The quantitative estimate of drug-likeness (QED) is 0.850. The third-order valence-corrected chi connectivity index (χ3v) is 5.34. The van der Waals surface area contributed by atoms with Crippen molar-refractivity contribution in [3.63, 3.8) is 0 Å². The summed E-state index contributed by atoms with van der Waals surface area (Å²) >= 11 is 0. The normalized spacial score (nSPS) is 21.0. The zero-order chi connectivity index (χ0) is 20.4. The maximum absolute atomic E-state index is 12.4. The molecule has 2 N–H and O–H groups in total. The number of aromatic nitrogens is 2. The Bertz CT molecular complexity index is 881. The van der Waals surface area contributed by atoms with Gasteiger partial charge in [0.15, 0.2) is 0 Å². The lowest BCUT2D eigenvalue weighted by molar-refractivity contribution is -0.117. The van der Waals surface area contributed by atoms with Gasteiger partial charge in [-0.15, -0.1) is 0 Å². The first-order chi connectivity index (χ1) is 13.3. The van der Waals surface area contributed by atoms with E-state index in [0.717, 1.165) is 16.9 Å². The molecule has 1 aromatic heterocycles. The number of hydrogen-bond donors (Lipinski definition) is 2. The van der Waals surface area contributed by atoms with Crippen molar-refractivity contribution in [2.24, 2.45) is 5.92 Å². The molecule has 0 fully saturated rings. The molecule has 7 nitrogen and oxygen atoms in total. The lowest BCUT2D eigenvalue weighted by atomic mass is 9.82. The number of nitrogens with one attached hydrogen (secondary N) is 2. The minimum atomic E-state index is -0.125. The summed E-state index contributed by atoms with van der Waals surface area (Å²) in [5.74, 6) is 0.629. The minimum absolute atomic E-state index is 0.00349. The van der Waals surface area contributed by atoms with Crippen LogP contribution >= 0.6 is 0 Å². The Labute approximate surface area is 165 Å². The molecule has 0 bridgehead atoms. The van der Waals surface area contributed by atoms with Crippen molar-refractivity contribution < 1.29 is 9.59 Å². The Kier molecular flexibility index (Phi) is 5.63. The number of hydrogen-bond acceptors (Lipinski definition) is 5. The molecular formula is C21H27N5O2. The lowest BCUT2D eigenvalue weighted by Gasteiger charge is -2.44. The summed E-state index contributed by atoms with van der Waals surface area (Å²) in [4.78, 5) is 35.2. The van der Waals surface area contributed by atoms with Crippen LogP contribution in [0, 0.1) is 12.8 Å². The molecule has 3 unspecified atom stereocenters. The standard InChI is InChI=1S/C21H27N5O2/c1-6-22-21(28)16-7-8-18-17(9-16)20(13(3)14(4)26(18)15(5)27)25-19-11-23-12(2)10-24-19/h7-11,13-14,20H,6H2,1-5H3,(H,22,28)(H,24,25). The van der Waals surface area contributed by atoms with E-state index in [0.29, 0.717) is 17.9 Å². The van der Waals surface area contributed by atoms with E-state index >= 15 is 0 Å². The Morgan fingerprint density at radius 3 is 2.54 bits per heavy atom. The SMILES string of the molecule is CCNC(=O)c1ccc2c(c1)C(Nc1cnc(C)cn1)C(C)C(C)N2C(C)=O. The second-order valence-corrected chi connectivity index (χ2v) is 7.29. The second kappa shape index (κ2) is 7.96. The number of nitrogens with zero attached hydrogens (tertiary/aromatic N) is 3. The summed E-state index contributed by atoms with van der Waals surface area (Å²) in [6.45, 7) is 10.1. The number of rotatable bonds is 4. The number of aryl methyl sites for hydroxylation is 1. The molecule has 7 heteroatoms. The van der Waals surface area contributed by atoms with Crippen LogP contribution in [0.4, 0.5) is 11.5 Å². The molecule has 0 spiro atoms. The van der Waals surface area contributed by atoms with E-state index in [1.807, 2.05) is 32.9 Å². The fourth-order valence-electron chi connectivity index (χ4n) is 3.74. The molecule has 28 heavy (non-hydrogen) atoms. The molecule has 0 saturated carbocycles. The van der Waals surface area contributed by atoms with Crippen LogP contribution in [0.25, 0.3) is 0 Å². The first kappa shape index (κ1) is 19.8. The summed E-state index contributed by atoms with van der Waals surface area (Å²) in [6.07, 6.45) is 3.42. The van der Waals surface area contributed by atoms with Crippen LogP contribution in [0.2, 0.25) is 0 Å². The van der Waals surface area contributed by atoms with Gasteiger partial charge in [-0.3, -0.25) is 14.6 Å². The zero-order valence-electron chi connectivity index (χ0n) is 17.0. The van der Waals surface area contributed by atoms with Crippen LogP contribution in [0.15, 0.2) is 30.6 Å². The van der Waals surface area contributed by atoms with E-state index in [1.54, 1.807) is 30.3 Å². The van der Waals surface area contributed by atoms with E-state index in [2.05, 4.69) is 27.5 Å². The number of amides is 2. The molecule has 148 valence electrons.